The zero-order chi connectivity index (χ0) is 25.3. The van der Waals surface area contributed by atoms with Crippen LogP contribution in [0.5, 0.6) is 5.75 Å². The third-order valence-corrected chi connectivity index (χ3v) is 5.79. The van der Waals surface area contributed by atoms with Gasteiger partial charge in [-0.2, -0.15) is 0 Å². The highest BCUT2D eigenvalue weighted by atomic mass is 16.3. The SMILES string of the molecule is CC(=O)NCCNc1cc(NC(=O)CN2CCN(c3ccc(O)cc3)CC2)nc(-c2ccccc2)n1. The van der Waals surface area contributed by atoms with Crippen LogP contribution in [0.15, 0.2) is 60.7 Å². The Kier molecular flexibility index (Phi) is 8.30. The summed E-state index contributed by atoms with van der Waals surface area (Å²) in [5, 5.41) is 18.3. The van der Waals surface area contributed by atoms with E-state index in [1.165, 1.54) is 6.92 Å². The summed E-state index contributed by atoms with van der Waals surface area (Å²) in [6.45, 7) is 5.78. The summed E-state index contributed by atoms with van der Waals surface area (Å²) in [6.07, 6.45) is 0. The van der Waals surface area contributed by atoms with Crippen LogP contribution >= 0.6 is 0 Å². The normalized spacial score (nSPS) is 13.8. The number of aromatic nitrogens is 2. The van der Waals surface area contributed by atoms with Crippen molar-refractivity contribution in [3.8, 4) is 17.1 Å². The number of hydrogen-bond acceptors (Lipinski definition) is 8. The maximum Gasteiger partial charge on any atom is 0.239 e. The lowest BCUT2D eigenvalue weighted by Gasteiger charge is -2.35. The maximum absolute atomic E-state index is 12.8. The predicted molar refractivity (Wildman–Crippen MR) is 140 cm³/mol. The molecule has 0 unspecified atom stereocenters. The van der Waals surface area contributed by atoms with E-state index in [1.54, 1.807) is 18.2 Å². The van der Waals surface area contributed by atoms with Crippen LogP contribution in [0.2, 0.25) is 0 Å². The number of anilines is 3. The van der Waals surface area contributed by atoms with E-state index in [0.29, 0.717) is 30.5 Å². The van der Waals surface area contributed by atoms with E-state index in [1.807, 2.05) is 42.5 Å². The van der Waals surface area contributed by atoms with Gasteiger partial charge in [0.25, 0.3) is 0 Å². The molecule has 2 heterocycles. The Morgan fingerprint density at radius 2 is 1.61 bits per heavy atom. The zero-order valence-electron chi connectivity index (χ0n) is 20.3. The molecule has 0 aliphatic carbocycles. The van der Waals surface area contributed by atoms with E-state index < -0.39 is 0 Å². The van der Waals surface area contributed by atoms with Crippen LogP contribution in [0.4, 0.5) is 17.3 Å². The highest BCUT2D eigenvalue weighted by Crippen LogP contribution is 2.21. The summed E-state index contributed by atoms with van der Waals surface area (Å²) in [7, 11) is 0. The van der Waals surface area contributed by atoms with Crippen molar-refractivity contribution in [1.82, 2.24) is 20.2 Å². The first kappa shape index (κ1) is 24.9. The molecule has 4 rings (SSSR count). The number of phenolic OH excluding ortho intramolecular Hbond substituents is 1. The molecule has 1 aliphatic rings. The first-order chi connectivity index (χ1) is 17.5. The van der Waals surface area contributed by atoms with Crippen LogP contribution in [0, 0.1) is 0 Å². The summed E-state index contributed by atoms with van der Waals surface area (Å²) in [5.41, 5.74) is 1.90. The molecule has 2 amide bonds. The van der Waals surface area contributed by atoms with Crippen LogP contribution in [0.3, 0.4) is 0 Å². The van der Waals surface area contributed by atoms with E-state index in [0.717, 1.165) is 37.4 Å². The molecule has 1 aliphatic heterocycles. The summed E-state index contributed by atoms with van der Waals surface area (Å²) in [4.78, 5) is 37.4. The van der Waals surface area contributed by atoms with Gasteiger partial charge in [-0.1, -0.05) is 30.3 Å². The maximum atomic E-state index is 12.8. The smallest absolute Gasteiger partial charge is 0.239 e. The second kappa shape index (κ2) is 12.0. The average molecular weight is 490 g/mol. The monoisotopic (exact) mass is 489 g/mol. The van der Waals surface area contributed by atoms with Crippen molar-refractivity contribution in [2.24, 2.45) is 0 Å². The first-order valence-electron chi connectivity index (χ1n) is 12.0. The molecular weight excluding hydrogens is 458 g/mol. The summed E-state index contributed by atoms with van der Waals surface area (Å²) in [6, 6.07) is 18.4. The lowest BCUT2D eigenvalue weighted by atomic mass is 10.2. The van der Waals surface area contributed by atoms with Gasteiger partial charge in [0, 0.05) is 63.5 Å². The van der Waals surface area contributed by atoms with Gasteiger partial charge in [0.05, 0.1) is 6.54 Å². The van der Waals surface area contributed by atoms with Gasteiger partial charge < -0.3 is 26.0 Å². The first-order valence-corrected chi connectivity index (χ1v) is 12.0. The quantitative estimate of drug-likeness (QED) is 0.337. The Morgan fingerprint density at radius 3 is 2.31 bits per heavy atom. The van der Waals surface area contributed by atoms with Gasteiger partial charge in [-0.3, -0.25) is 14.5 Å². The fraction of sp³-hybridized carbons (Fsp3) is 0.308. The standard InChI is InChI=1S/C26H31N7O3/c1-19(34)27-11-12-28-23-17-24(31-26(30-23)20-5-3-2-4-6-20)29-25(36)18-32-13-15-33(16-14-32)21-7-9-22(35)10-8-21/h2-10,17,35H,11-16,18H2,1H3,(H,27,34)(H2,28,29,30,31,36). The lowest BCUT2D eigenvalue weighted by Crippen LogP contribution is -2.48. The van der Waals surface area contributed by atoms with Gasteiger partial charge in [-0.25, -0.2) is 9.97 Å². The minimum atomic E-state index is -0.144. The minimum absolute atomic E-state index is 0.0960. The molecule has 0 radical (unpaired) electrons. The molecule has 10 nitrogen and oxygen atoms in total. The number of carbonyl (C=O) groups is 2. The predicted octanol–water partition coefficient (Wildman–Crippen LogP) is 2.16. The van der Waals surface area contributed by atoms with Gasteiger partial charge in [0.15, 0.2) is 5.82 Å². The van der Waals surface area contributed by atoms with Crippen molar-refractivity contribution in [2.75, 3.05) is 61.3 Å². The molecule has 1 aromatic heterocycles. The Hall–Kier alpha value is -4.18. The van der Waals surface area contributed by atoms with Gasteiger partial charge in [0.1, 0.15) is 17.4 Å². The topological polar surface area (TPSA) is 123 Å². The molecule has 1 saturated heterocycles. The molecule has 0 spiro atoms. The summed E-state index contributed by atoms with van der Waals surface area (Å²) in [5.74, 6) is 1.49. The molecule has 0 bridgehead atoms. The van der Waals surface area contributed by atoms with Crippen molar-refractivity contribution >= 4 is 29.1 Å². The molecule has 36 heavy (non-hydrogen) atoms. The number of amides is 2. The molecular formula is C26H31N7O3. The zero-order valence-corrected chi connectivity index (χ0v) is 20.3. The molecule has 3 aromatic rings. The number of hydrogen-bond donors (Lipinski definition) is 4. The highest BCUT2D eigenvalue weighted by molar-refractivity contribution is 5.92. The fourth-order valence-electron chi connectivity index (χ4n) is 3.96. The fourth-order valence-corrected chi connectivity index (χ4v) is 3.96. The van der Waals surface area contributed by atoms with Crippen LogP contribution in [-0.2, 0) is 9.59 Å². The summed E-state index contributed by atoms with van der Waals surface area (Å²) >= 11 is 0. The second-order valence-electron chi connectivity index (χ2n) is 8.57. The van der Waals surface area contributed by atoms with E-state index >= 15 is 0 Å². The number of nitrogens with zero attached hydrogens (tertiary/aromatic N) is 4. The molecule has 2 aromatic carbocycles. The molecule has 10 heteroatoms. The summed E-state index contributed by atoms with van der Waals surface area (Å²) < 4.78 is 0. The molecule has 0 saturated carbocycles. The third kappa shape index (κ3) is 7.16. The number of rotatable bonds is 9. The molecule has 4 N–H and O–H groups in total. The third-order valence-electron chi connectivity index (χ3n) is 5.79. The van der Waals surface area contributed by atoms with Crippen molar-refractivity contribution in [3.63, 3.8) is 0 Å². The average Bonchev–Trinajstić information content (AvgIpc) is 2.88. The van der Waals surface area contributed by atoms with Gasteiger partial charge >= 0.3 is 0 Å². The Bertz CT molecular complexity index is 1160. The van der Waals surface area contributed by atoms with Gasteiger partial charge in [-0.15, -0.1) is 0 Å². The van der Waals surface area contributed by atoms with E-state index in [2.05, 4.69) is 35.7 Å². The van der Waals surface area contributed by atoms with Crippen LogP contribution in [0.25, 0.3) is 11.4 Å². The van der Waals surface area contributed by atoms with Gasteiger partial charge in [0.2, 0.25) is 11.8 Å². The Labute approximate surface area is 210 Å². The van der Waals surface area contributed by atoms with Crippen molar-refractivity contribution in [1.29, 1.82) is 0 Å². The highest BCUT2D eigenvalue weighted by Gasteiger charge is 2.20. The number of piperazine rings is 1. The molecule has 0 atom stereocenters. The number of benzene rings is 2. The van der Waals surface area contributed by atoms with E-state index in [-0.39, 0.29) is 24.1 Å². The Balaban J connectivity index is 1.36. The molecule has 1 fully saturated rings. The van der Waals surface area contributed by atoms with Crippen LogP contribution in [0.1, 0.15) is 6.92 Å². The second-order valence-corrected chi connectivity index (χ2v) is 8.57. The Morgan fingerprint density at radius 1 is 0.917 bits per heavy atom. The number of nitrogens with one attached hydrogen (secondary N) is 3. The minimum Gasteiger partial charge on any atom is -0.508 e. The van der Waals surface area contributed by atoms with E-state index in [9.17, 15) is 14.7 Å². The van der Waals surface area contributed by atoms with Crippen molar-refractivity contribution < 1.29 is 14.7 Å². The van der Waals surface area contributed by atoms with E-state index in [4.69, 9.17) is 0 Å². The van der Waals surface area contributed by atoms with Crippen LogP contribution in [-0.4, -0.2) is 77.6 Å². The number of phenols is 1. The van der Waals surface area contributed by atoms with Gasteiger partial charge in [-0.05, 0) is 24.3 Å². The lowest BCUT2D eigenvalue weighted by molar-refractivity contribution is -0.119. The van der Waals surface area contributed by atoms with Crippen LogP contribution < -0.4 is 20.9 Å². The molecule has 188 valence electrons. The van der Waals surface area contributed by atoms with Crippen molar-refractivity contribution in [2.45, 2.75) is 6.92 Å². The largest absolute Gasteiger partial charge is 0.508 e. The number of carbonyl (C=O) groups excluding carboxylic acids is 2. The number of aromatic hydroxyl groups is 1. The van der Waals surface area contributed by atoms with Crippen molar-refractivity contribution in [3.05, 3.63) is 60.7 Å².